The Balaban J connectivity index is 2.15. The molecule has 0 aromatic heterocycles. The highest BCUT2D eigenvalue weighted by molar-refractivity contribution is 6.04. The van der Waals surface area contributed by atoms with Gasteiger partial charge in [0.2, 0.25) is 0 Å². The van der Waals surface area contributed by atoms with Crippen LogP contribution in [0, 0.1) is 0 Å². The molecule has 0 saturated carbocycles. The van der Waals surface area contributed by atoms with E-state index in [9.17, 15) is 9.90 Å². The molecule has 3 rings (SSSR count). The first-order chi connectivity index (χ1) is 12.0. The third-order valence-corrected chi connectivity index (χ3v) is 4.10. The zero-order valence-corrected chi connectivity index (χ0v) is 14.3. The number of carbonyl (C=O) groups excluding carboxylic acids is 1. The molecule has 1 aliphatic heterocycles. The Morgan fingerprint density at radius 1 is 1.36 bits per heavy atom. The van der Waals surface area contributed by atoms with Gasteiger partial charge >= 0.3 is 0 Å². The summed E-state index contributed by atoms with van der Waals surface area (Å²) in [5, 5.41) is 10.3. The summed E-state index contributed by atoms with van der Waals surface area (Å²) >= 11 is 0. The van der Waals surface area contributed by atoms with Crippen molar-refractivity contribution < 1.29 is 19.4 Å². The first-order valence-electron chi connectivity index (χ1n) is 8.03. The van der Waals surface area contributed by atoms with Crippen molar-refractivity contribution >= 4 is 11.9 Å². The molecule has 2 aromatic carbocycles. The van der Waals surface area contributed by atoms with Crippen molar-refractivity contribution in [1.82, 2.24) is 0 Å². The largest absolute Gasteiger partial charge is 0.507 e. The Hall–Kier alpha value is -3.01. The fraction of sp³-hybridized carbons (Fsp3) is 0.190. The molecule has 0 spiro atoms. The number of rotatable bonds is 4. The molecule has 1 atom stereocenters. The van der Waals surface area contributed by atoms with Crippen LogP contribution in [0.3, 0.4) is 0 Å². The Morgan fingerprint density at radius 2 is 2.08 bits per heavy atom. The number of fused-ring (bicyclic) bond motifs is 1. The summed E-state index contributed by atoms with van der Waals surface area (Å²) in [6.45, 7) is 5.72. The molecule has 4 heteroatoms. The molecule has 0 radical (unpaired) electrons. The van der Waals surface area contributed by atoms with Gasteiger partial charge in [-0.3, -0.25) is 4.79 Å². The third kappa shape index (κ3) is 3.29. The van der Waals surface area contributed by atoms with Crippen LogP contribution in [0.5, 0.6) is 17.2 Å². The predicted molar refractivity (Wildman–Crippen MR) is 97.3 cm³/mol. The van der Waals surface area contributed by atoms with Crippen molar-refractivity contribution in [3.8, 4) is 17.2 Å². The lowest BCUT2D eigenvalue weighted by atomic mass is 9.93. The standard InChI is InChI=1S/C21H20O4/c1-13(2)9-10-15-19(24-3)12-17(23)20-16(22)11-18(25-21(15)20)14-7-5-4-6-8-14/h4-10,12,18,23H,1,11H2,2-3H3. The Bertz CT molecular complexity index is 850. The van der Waals surface area contributed by atoms with Gasteiger partial charge < -0.3 is 14.6 Å². The van der Waals surface area contributed by atoms with Gasteiger partial charge in [0.25, 0.3) is 0 Å². The van der Waals surface area contributed by atoms with Crippen molar-refractivity contribution in [2.45, 2.75) is 19.4 Å². The lowest BCUT2D eigenvalue weighted by Crippen LogP contribution is -2.21. The average Bonchev–Trinajstić information content (AvgIpc) is 2.60. The zero-order valence-electron chi connectivity index (χ0n) is 14.3. The first-order valence-corrected chi connectivity index (χ1v) is 8.03. The molecule has 1 unspecified atom stereocenters. The number of Topliss-reactive ketones (excluding diaryl/α,β-unsaturated/α-hetero) is 1. The van der Waals surface area contributed by atoms with Crippen LogP contribution < -0.4 is 9.47 Å². The number of methoxy groups -OCH3 is 1. The highest BCUT2D eigenvalue weighted by Gasteiger charge is 2.33. The minimum atomic E-state index is -0.398. The van der Waals surface area contributed by atoms with E-state index in [4.69, 9.17) is 9.47 Å². The van der Waals surface area contributed by atoms with Gasteiger partial charge in [-0.2, -0.15) is 0 Å². The van der Waals surface area contributed by atoms with Gasteiger partial charge in [0, 0.05) is 6.07 Å². The zero-order chi connectivity index (χ0) is 18.0. The number of phenolic OH excluding ortho intramolecular Hbond substituents is 1. The summed E-state index contributed by atoms with van der Waals surface area (Å²) in [6.07, 6.45) is 3.39. The molecule has 128 valence electrons. The summed E-state index contributed by atoms with van der Waals surface area (Å²) in [6, 6.07) is 11.0. The van der Waals surface area contributed by atoms with Crippen LogP contribution >= 0.6 is 0 Å². The van der Waals surface area contributed by atoms with E-state index in [1.807, 2.05) is 43.3 Å². The van der Waals surface area contributed by atoms with Crippen molar-refractivity contribution in [1.29, 1.82) is 0 Å². The van der Waals surface area contributed by atoms with Crippen LogP contribution in [-0.4, -0.2) is 18.0 Å². The molecule has 1 N–H and O–H groups in total. The Labute approximate surface area is 147 Å². The smallest absolute Gasteiger partial charge is 0.174 e. The van der Waals surface area contributed by atoms with Gasteiger partial charge in [0.05, 0.1) is 19.1 Å². The van der Waals surface area contributed by atoms with Crippen LogP contribution in [0.15, 0.2) is 54.6 Å². The van der Waals surface area contributed by atoms with E-state index < -0.39 is 6.10 Å². The molecule has 1 aliphatic rings. The van der Waals surface area contributed by atoms with E-state index in [-0.39, 0.29) is 23.5 Å². The van der Waals surface area contributed by atoms with Crippen molar-refractivity contribution in [2.75, 3.05) is 7.11 Å². The summed E-state index contributed by atoms with van der Waals surface area (Å²) in [5.74, 6) is 0.505. The monoisotopic (exact) mass is 336 g/mol. The van der Waals surface area contributed by atoms with Crippen LogP contribution in [-0.2, 0) is 0 Å². The molecular weight excluding hydrogens is 316 g/mol. The van der Waals surface area contributed by atoms with Gasteiger partial charge in [0.1, 0.15) is 28.9 Å². The minimum Gasteiger partial charge on any atom is -0.507 e. The third-order valence-electron chi connectivity index (χ3n) is 4.10. The quantitative estimate of drug-likeness (QED) is 0.823. The number of hydrogen-bond acceptors (Lipinski definition) is 4. The average molecular weight is 336 g/mol. The minimum absolute atomic E-state index is 0.129. The summed E-state index contributed by atoms with van der Waals surface area (Å²) in [4.78, 5) is 12.7. The molecule has 0 bridgehead atoms. The van der Waals surface area contributed by atoms with E-state index in [2.05, 4.69) is 6.58 Å². The number of carbonyl (C=O) groups is 1. The maximum atomic E-state index is 12.7. The van der Waals surface area contributed by atoms with E-state index >= 15 is 0 Å². The molecule has 0 amide bonds. The summed E-state index contributed by atoms with van der Waals surface area (Å²) in [7, 11) is 1.51. The second-order valence-corrected chi connectivity index (χ2v) is 6.04. The summed E-state index contributed by atoms with van der Waals surface area (Å²) < 4.78 is 11.5. The fourth-order valence-electron chi connectivity index (χ4n) is 2.89. The van der Waals surface area contributed by atoms with Crippen molar-refractivity contribution in [3.05, 3.63) is 71.3 Å². The SMILES string of the molecule is C=C(C)C=Cc1c(OC)cc(O)c2c1OC(c1ccccc1)CC2=O. The van der Waals surface area contributed by atoms with Crippen LogP contribution in [0.4, 0.5) is 0 Å². The molecule has 0 fully saturated rings. The number of phenols is 1. The fourth-order valence-corrected chi connectivity index (χ4v) is 2.89. The van der Waals surface area contributed by atoms with Crippen LogP contribution in [0.25, 0.3) is 6.08 Å². The van der Waals surface area contributed by atoms with Crippen LogP contribution in [0.1, 0.15) is 40.9 Å². The lowest BCUT2D eigenvalue weighted by Gasteiger charge is -2.28. The van der Waals surface area contributed by atoms with Gasteiger partial charge in [-0.15, -0.1) is 0 Å². The number of benzene rings is 2. The number of hydrogen-bond donors (Lipinski definition) is 1. The molecule has 0 saturated heterocycles. The van der Waals surface area contributed by atoms with Crippen LogP contribution in [0.2, 0.25) is 0 Å². The van der Waals surface area contributed by atoms with E-state index in [0.29, 0.717) is 17.1 Å². The first kappa shape index (κ1) is 16.8. The molecule has 1 heterocycles. The molecule has 0 aliphatic carbocycles. The van der Waals surface area contributed by atoms with Crippen molar-refractivity contribution in [2.24, 2.45) is 0 Å². The second-order valence-electron chi connectivity index (χ2n) is 6.04. The molecule has 2 aromatic rings. The normalized spacial score (nSPS) is 16.4. The molecule has 25 heavy (non-hydrogen) atoms. The van der Waals surface area contributed by atoms with E-state index in [1.165, 1.54) is 13.2 Å². The van der Waals surface area contributed by atoms with Gasteiger partial charge in [0.15, 0.2) is 5.78 Å². The highest BCUT2D eigenvalue weighted by Crippen LogP contribution is 2.46. The molecule has 4 nitrogen and oxygen atoms in total. The number of ether oxygens (including phenoxy) is 2. The number of allylic oxidation sites excluding steroid dienone is 2. The predicted octanol–water partition coefficient (Wildman–Crippen LogP) is 4.70. The lowest BCUT2D eigenvalue weighted by molar-refractivity contribution is 0.0844. The topological polar surface area (TPSA) is 55.8 Å². The Kier molecular flexibility index (Phi) is 4.61. The second kappa shape index (κ2) is 6.85. The molecular formula is C21H20O4. The van der Waals surface area contributed by atoms with Crippen molar-refractivity contribution in [3.63, 3.8) is 0 Å². The van der Waals surface area contributed by atoms with E-state index in [1.54, 1.807) is 6.08 Å². The highest BCUT2D eigenvalue weighted by atomic mass is 16.5. The number of ketones is 1. The number of aromatic hydroxyl groups is 1. The van der Waals surface area contributed by atoms with Gasteiger partial charge in [-0.25, -0.2) is 0 Å². The summed E-state index contributed by atoms with van der Waals surface area (Å²) in [5.41, 5.74) is 2.59. The maximum absolute atomic E-state index is 12.7. The van der Waals surface area contributed by atoms with Gasteiger partial charge in [-0.05, 0) is 18.6 Å². The Morgan fingerprint density at radius 3 is 2.72 bits per heavy atom. The van der Waals surface area contributed by atoms with E-state index in [0.717, 1.165) is 11.1 Å². The maximum Gasteiger partial charge on any atom is 0.174 e. The van der Waals surface area contributed by atoms with Gasteiger partial charge in [-0.1, -0.05) is 48.6 Å².